The average molecular weight is 468 g/mol. The number of benzene rings is 2. The maximum Gasteiger partial charge on any atom is 0.273 e. The zero-order valence-electron chi connectivity index (χ0n) is 20.0. The van der Waals surface area contributed by atoms with Crippen LogP contribution in [-0.2, 0) is 4.74 Å². The quantitative estimate of drug-likeness (QED) is 0.462. The van der Waals surface area contributed by atoms with Crippen molar-refractivity contribution in [2.24, 2.45) is 0 Å². The first-order valence-corrected chi connectivity index (χ1v) is 10.9. The fraction of sp³-hybridized carbons (Fsp3) is 0.360. The van der Waals surface area contributed by atoms with Gasteiger partial charge in [-0.1, -0.05) is 11.6 Å². The van der Waals surface area contributed by atoms with Crippen LogP contribution in [0.2, 0.25) is 0 Å². The lowest BCUT2D eigenvalue weighted by molar-refractivity contribution is 0.0723. The van der Waals surface area contributed by atoms with Crippen molar-refractivity contribution in [2.45, 2.75) is 19.4 Å². The van der Waals surface area contributed by atoms with Crippen molar-refractivity contribution in [3.63, 3.8) is 0 Å². The molecule has 0 spiro atoms. The van der Waals surface area contributed by atoms with Gasteiger partial charge in [-0.25, -0.2) is 0 Å². The highest BCUT2D eigenvalue weighted by Gasteiger charge is 2.43. The van der Waals surface area contributed by atoms with Gasteiger partial charge in [0.25, 0.3) is 5.91 Å². The van der Waals surface area contributed by atoms with Gasteiger partial charge in [0.05, 0.1) is 27.4 Å². The Morgan fingerprint density at radius 1 is 1.06 bits per heavy atom. The topological polar surface area (TPSA) is 106 Å². The number of rotatable bonds is 9. The monoisotopic (exact) mass is 467 g/mol. The van der Waals surface area contributed by atoms with E-state index in [2.05, 4.69) is 10.2 Å². The summed E-state index contributed by atoms with van der Waals surface area (Å²) in [5.41, 5.74) is 3.91. The van der Waals surface area contributed by atoms with Crippen LogP contribution in [0.25, 0.3) is 11.3 Å². The largest absolute Gasteiger partial charge is 0.507 e. The van der Waals surface area contributed by atoms with Gasteiger partial charge in [0, 0.05) is 31.4 Å². The van der Waals surface area contributed by atoms with Crippen LogP contribution in [0.3, 0.4) is 0 Å². The molecule has 2 aromatic carbocycles. The second-order valence-electron chi connectivity index (χ2n) is 8.09. The number of aromatic nitrogens is 2. The molecule has 0 fully saturated rings. The van der Waals surface area contributed by atoms with Gasteiger partial charge in [-0.15, -0.1) is 0 Å². The molecule has 0 radical (unpaired) electrons. The number of aryl methyl sites for hydroxylation is 1. The van der Waals surface area contributed by atoms with Gasteiger partial charge in [0.2, 0.25) is 5.75 Å². The van der Waals surface area contributed by atoms with Crippen molar-refractivity contribution in [3.05, 3.63) is 52.7 Å². The Bertz CT molecular complexity index is 1180. The Morgan fingerprint density at radius 3 is 2.38 bits per heavy atom. The molecular formula is C25H29N3O6. The molecule has 0 unspecified atom stereocenters. The Kier molecular flexibility index (Phi) is 6.65. The Hall–Kier alpha value is -3.72. The molecule has 9 heteroatoms. The summed E-state index contributed by atoms with van der Waals surface area (Å²) in [6.07, 6.45) is 0.659. The summed E-state index contributed by atoms with van der Waals surface area (Å²) in [6, 6.07) is 8.50. The van der Waals surface area contributed by atoms with E-state index in [1.165, 1.54) is 0 Å². The van der Waals surface area contributed by atoms with E-state index in [4.69, 9.17) is 18.9 Å². The molecule has 0 saturated heterocycles. The standard InChI is InChI=1S/C25H29N3O6/c1-14-7-8-17(29)16(11-14)21-20-22(27-26-21)25(30)28(9-6-10-31-2)23(20)15-12-18(32-3)24(34-5)19(13-15)33-4/h7-8,11-13,23,29H,6,9-10H2,1-5H3,(H,26,27)/t23-/m0/s1. The van der Waals surface area contributed by atoms with Crippen molar-refractivity contribution in [2.75, 3.05) is 41.6 Å². The highest BCUT2D eigenvalue weighted by Crippen LogP contribution is 2.48. The van der Waals surface area contributed by atoms with Crippen LogP contribution in [0, 0.1) is 6.92 Å². The number of carbonyl (C=O) groups excluding carboxylic acids is 1. The number of hydrogen-bond acceptors (Lipinski definition) is 7. The fourth-order valence-corrected chi connectivity index (χ4v) is 4.46. The van der Waals surface area contributed by atoms with Crippen molar-refractivity contribution in [1.29, 1.82) is 0 Å². The minimum atomic E-state index is -0.485. The smallest absolute Gasteiger partial charge is 0.273 e. The van der Waals surface area contributed by atoms with Gasteiger partial charge in [-0.3, -0.25) is 9.89 Å². The molecule has 1 aliphatic rings. The minimum Gasteiger partial charge on any atom is -0.507 e. The Labute approximate surface area is 198 Å². The van der Waals surface area contributed by atoms with Gasteiger partial charge >= 0.3 is 0 Å². The number of amides is 1. The van der Waals surface area contributed by atoms with Crippen molar-refractivity contribution in [1.82, 2.24) is 15.1 Å². The van der Waals surface area contributed by atoms with Crippen LogP contribution in [0.1, 0.15) is 39.6 Å². The van der Waals surface area contributed by atoms with E-state index in [1.54, 1.807) is 39.4 Å². The third kappa shape index (κ3) is 3.92. The summed E-state index contributed by atoms with van der Waals surface area (Å²) >= 11 is 0. The first kappa shape index (κ1) is 23.4. The summed E-state index contributed by atoms with van der Waals surface area (Å²) in [6.45, 7) is 2.92. The number of hydrogen-bond donors (Lipinski definition) is 2. The highest BCUT2D eigenvalue weighted by atomic mass is 16.5. The van der Waals surface area contributed by atoms with Crippen LogP contribution in [0.5, 0.6) is 23.0 Å². The third-order valence-corrected chi connectivity index (χ3v) is 6.02. The van der Waals surface area contributed by atoms with E-state index in [9.17, 15) is 9.90 Å². The molecule has 0 bridgehead atoms. The van der Waals surface area contributed by atoms with Crippen molar-refractivity contribution < 1.29 is 28.8 Å². The number of phenols is 1. The molecule has 2 heterocycles. The molecule has 2 N–H and O–H groups in total. The van der Waals surface area contributed by atoms with Gasteiger partial charge in [-0.2, -0.15) is 5.10 Å². The fourth-order valence-electron chi connectivity index (χ4n) is 4.46. The SMILES string of the molecule is COCCCN1C(=O)c2[nH]nc(-c3cc(C)ccc3O)c2[C@@H]1c1cc(OC)c(OC)c(OC)c1. The third-order valence-electron chi connectivity index (χ3n) is 6.02. The molecule has 1 aromatic heterocycles. The van der Waals surface area contributed by atoms with Crippen LogP contribution < -0.4 is 14.2 Å². The number of aromatic amines is 1. The van der Waals surface area contributed by atoms with Crippen LogP contribution in [-0.4, -0.2) is 67.7 Å². The predicted molar refractivity (Wildman–Crippen MR) is 126 cm³/mol. The molecule has 4 rings (SSSR count). The minimum absolute atomic E-state index is 0.0915. The number of fused-ring (bicyclic) bond motifs is 1. The lowest BCUT2D eigenvalue weighted by Gasteiger charge is -2.27. The molecule has 34 heavy (non-hydrogen) atoms. The average Bonchev–Trinajstić information content (AvgIpc) is 3.38. The summed E-state index contributed by atoms with van der Waals surface area (Å²) < 4.78 is 21.8. The summed E-state index contributed by atoms with van der Waals surface area (Å²) in [4.78, 5) is 15.2. The molecule has 3 aromatic rings. The molecule has 0 aliphatic carbocycles. The zero-order valence-corrected chi connectivity index (χ0v) is 20.0. The zero-order chi connectivity index (χ0) is 24.4. The number of nitrogens with one attached hydrogen (secondary N) is 1. The number of H-pyrrole nitrogens is 1. The predicted octanol–water partition coefficient (Wildman–Crippen LogP) is 3.70. The van der Waals surface area contributed by atoms with Gasteiger partial charge in [0.15, 0.2) is 11.5 Å². The van der Waals surface area contributed by atoms with E-state index < -0.39 is 6.04 Å². The van der Waals surface area contributed by atoms with Gasteiger partial charge < -0.3 is 29.0 Å². The highest BCUT2D eigenvalue weighted by molar-refractivity contribution is 6.00. The second-order valence-corrected chi connectivity index (χ2v) is 8.09. The normalized spacial score (nSPS) is 14.9. The Morgan fingerprint density at radius 2 is 1.76 bits per heavy atom. The van der Waals surface area contributed by atoms with E-state index in [-0.39, 0.29) is 11.7 Å². The van der Waals surface area contributed by atoms with Gasteiger partial charge in [0.1, 0.15) is 17.1 Å². The number of ether oxygens (including phenoxy) is 4. The maximum absolute atomic E-state index is 13.5. The molecule has 0 saturated carbocycles. The summed E-state index contributed by atoms with van der Waals surface area (Å²) in [5, 5.41) is 18.0. The lowest BCUT2D eigenvalue weighted by Crippen LogP contribution is -2.31. The Balaban J connectivity index is 1.92. The number of phenolic OH excluding ortho intramolecular Hbond substituents is 1. The van der Waals surface area contributed by atoms with E-state index in [1.807, 2.05) is 31.2 Å². The number of aromatic hydroxyl groups is 1. The van der Waals surface area contributed by atoms with Gasteiger partial charge in [-0.05, 0) is 43.2 Å². The number of nitrogens with zero attached hydrogens (tertiary/aromatic N) is 2. The summed E-state index contributed by atoms with van der Waals surface area (Å²) in [5.74, 6) is 1.36. The van der Waals surface area contributed by atoms with Crippen LogP contribution in [0.15, 0.2) is 30.3 Å². The molecule has 180 valence electrons. The molecular weight excluding hydrogens is 438 g/mol. The van der Waals surface area contributed by atoms with E-state index >= 15 is 0 Å². The van der Waals surface area contributed by atoms with Crippen LogP contribution in [0.4, 0.5) is 0 Å². The van der Waals surface area contributed by atoms with Crippen molar-refractivity contribution >= 4 is 5.91 Å². The first-order chi connectivity index (χ1) is 16.4. The second kappa shape index (κ2) is 9.64. The number of methoxy groups -OCH3 is 4. The molecule has 1 aliphatic heterocycles. The molecule has 9 nitrogen and oxygen atoms in total. The van der Waals surface area contributed by atoms with Crippen LogP contribution >= 0.6 is 0 Å². The summed E-state index contributed by atoms with van der Waals surface area (Å²) in [7, 11) is 6.28. The van der Waals surface area contributed by atoms with Crippen molar-refractivity contribution in [3.8, 4) is 34.3 Å². The first-order valence-electron chi connectivity index (χ1n) is 10.9. The molecule has 1 amide bonds. The molecule has 1 atom stereocenters. The van der Waals surface area contributed by atoms with E-state index in [0.717, 1.165) is 11.1 Å². The lowest BCUT2D eigenvalue weighted by atomic mass is 9.94. The number of carbonyl (C=O) groups is 1. The van der Waals surface area contributed by atoms with E-state index in [0.29, 0.717) is 59.3 Å². The maximum atomic E-state index is 13.5.